The van der Waals surface area contributed by atoms with Crippen LogP contribution < -0.4 is 43.8 Å². The van der Waals surface area contributed by atoms with Crippen LogP contribution in [0.4, 0.5) is 0 Å². The summed E-state index contributed by atoms with van der Waals surface area (Å²) in [6, 6.07) is -8.39. The molecule has 0 saturated carbocycles. The molecule has 1 rings (SSSR count). The molecule has 0 aromatic rings. The zero-order chi connectivity index (χ0) is 42.0. The molecule has 6 amide bonds. The van der Waals surface area contributed by atoms with Crippen LogP contribution in [0.1, 0.15) is 72.1 Å². The Morgan fingerprint density at radius 2 is 1.42 bits per heavy atom. The van der Waals surface area contributed by atoms with Crippen molar-refractivity contribution in [2.75, 3.05) is 19.6 Å². The summed E-state index contributed by atoms with van der Waals surface area (Å²) in [5, 5.41) is 49.5. The van der Waals surface area contributed by atoms with Crippen molar-refractivity contribution in [3.8, 4) is 0 Å². The van der Waals surface area contributed by atoms with E-state index in [1.165, 1.54) is 6.92 Å². The van der Waals surface area contributed by atoms with Gasteiger partial charge < -0.3 is 69.1 Å². The quantitative estimate of drug-likeness (QED) is 0.0248. The third kappa shape index (κ3) is 17.4. The smallest absolute Gasteiger partial charge is 0.326 e. The van der Waals surface area contributed by atoms with E-state index in [-0.39, 0.29) is 50.7 Å². The number of nitrogens with zero attached hydrogens (tertiary/aromatic N) is 2. The number of aliphatic imine (C=N–C) groups is 1. The lowest BCUT2D eigenvalue weighted by atomic mass is 10.0. The van der Waals surface area contributed by atoms with Gasteiger partial charge in [-0.15, -0.1) is 0 Å². The molecular formula is C32H54N10O13. The molecule has 0 bridgehead atoms. The Balaban J connectivity index is 3.06. The molecule has 1 aliphatic rings. The van der Waals surface area contributed by atoms with Gasteiger partial charge in [0.2, 0.25) is 35.4 Å². The summed E-state index contributed by atoms with van der Waals surface area (Å²) in [6.07, 6.45) is -2.52. The molecule has 1 saturated heterocycles. The fourth-order valence-electron chi connectivity index (χ4n) is 5.51. The van der Waals surface area contributed by atoms with Crippen LogP contribution in [0.3, 0.4) is 0 Å². The summed E-state index contributed by atoms with van der Waals surface area (Å²) in [5.41, 5.74) is 16.3. The zero-order valence-electron chi connectivity index (χ0n) is 31.0. The van der Waals surface area contributed by atoms with Crippen molar-refractivity contribution in [2.45, 2.75) is 114 Å². The fraction of sp³-hybridized carbons (Fsp3) is 0.688. The van der Waals surface area contributed by atoms with Gasteiger partial charge in [-0.25, -0.2) is 4.79 Å². The van der Waals surface area contributed by atoms with Crippen LogP contribution in [0.25, 0.3) is 0 Å². The summed E-state index contributed by atoms with van der Waals surface area (Å²) in [7, 11) is 0. The highest BCUT2D eigenvalue weighted by Gasteiger charge is 2.37. The number of carbonyl (C=O) groups is 9. The molecular weight excluding hydrogens is 732 g/mol. The van der Waals surface area contributed by atoms with Crippen molar-refractivity contribution in [2.24, 2.45) is 28.1 Å². The molecule has 0 spiro atoms. The fourth-order valence-corrected chi connectivity index (χ4v) is 5.51. The number of carbonyl (C=O) groups excluding carboxylic acids is 6. The van der Waals surface area contributed by atoms with E-state index < -0.39 is 122 Å². The first-order valence-corrected chi connectivity index (χ1v) is 17.6. The van der Waals surface area contributed by atoms with Crippen LogP contribution >= 0.6 is 0 Å². The SMILES string of the molecule is CC(C)C[C@H](NC(=O)[C@@H](NC(=O)CNC(=O)[C@@H]1CCCN1C(=O)[C@@H](N)CC(=O)O)[C@@H](C)O)C(=O)N[C@@H](CCCN=C(N)N)C(=O)N[C@@H](CCC(=O)O)C(=O)O. The van der Waals surface area contributed by atoms with Gasteiger partial charge in [0, 0.05) is 19.5 Å². The lowest BCUT2D eigenvalue weighted by molar-refractivity contribution is -0.144. The summed E-state index contributed by atoms with van der Waals surface area (Å²) < 4.78 is 0. The molecule has 7 atom stereocenters. The Hall–Kier alpha value is -5.58. The number of aliphatic carboxylic acids is 3. The van der Waals surface area contributed by atoms with Gasteiger partial charge in [-0.3, -0.25) is 43.3 Å². The van der Waals surface area contributed by atoms with Crippen molar-refractivity contribution in [1.29, 1.82) is 0 Å². The van der Waals surface area contributed by atoms with E-state index in [9.17, 15) is 53.4 Å². The van der Waals surface area contributed by atoms with E-state index in [1.54, 1.807) is 13.8 Å². The second-order valence-electron chi connectivity index (χ2n) is 13.4. The Morgan fingerprint density at radius 3 is 1.96 bits per heavy atom. The summed E-state index contributed by atoms with van der Waals surface area (Å²) in [4.78, 5) is 117. The summed E-state index contributed by atoms with van der Waals surface area (Å²) in [5.74, 6) is -9.83. The van der Waals surface area contributed by atoms with Crippen molar-refractivity contribution < 1.29 is 63.6 Å². The van der Waals surface area contributed by atoms with E-state index >= 15 is 0 Å². The summed E-state index contributed by atoms with van der Waals surface area (Å²) >= 11 is 0. The maximum absolute atomic E-state index is 13.6. The van der Waals surface area contributed by atoms with Crippen LogP contribution in [-0.2, 0) is 43.2 Å². The molecule has 23 heteroatoms. The maximum atomic E-state index is 13.6. The van der Waals surface area contributed by atoms with Crippen LogP contribution in [0.15, 0.2) is 4.99 Å². The van der Waals surface area contributed by atoms with Crippen LogP contribution in [-0.4, -0.2) is 147 Å². The van der Waals surface area contributed by atoms with Gasteiger partial charge in [-0.1, -0.05) is 13.8 Å². The molecule has 1 fully saturated rings. The first-order valence-electron chi connectivity index (χ1n) is 17.6. The predicted octanol–water partition coefficient (Wildman–Crippen LogP) is -4.74. The van der Waals surface area contributed by atoms with Gasteiger partial charge in [-0.05, 0) is 51.4 Å². The third-order valence-electron chi connectivity index (χ3n) is 8.23. The van der Waals surface area contributed by atoms with E-state index in [4.69, 9.17) is 27.4 Å². The van der Waals surface area contributed by atoms with Crippen LogP contribution in [0.5, 0.6) is 0 Å². The largest absolute Gasteiger partial charge is 0.481 e. The number of nitrogens with two attached hydrogens (primary N) is 3. The van der Waals surface area contributed by atoms with Crippen molar-refractivity contribution >= 4 is 59.3 Å². The Kier molecular flexibility index (Phi) is 20.1. The minimum atomic E-state index is -1.64. The molecule has 0 unspecified atom stereocenters. The van der Waals surface area contributed by atoms with Gasteiger partial charge in [0.25, 0.3) is 0 Å². The van der Waals surface area contributed by atoms with Gasteiger partial charge in [0.1, 0.15) is 30.2 Å². The van der Waals surface area contributed by atoms with Crippen molar-refractivity contribution in [3.05, 3.63) is 0 Å². The molecule has 15 N–H and O–H groups in total. The Morgan fingerprint density at radius 1 is 0.818 bits per heavy atom. The monoisotopic (exact) mass is 786 g/mol. The number of carboxylic acid groups (broad SMARTS) is 3. The van der Waals surface area contributed by atoms with Gasteiger partial charge >= 0.3 is 17.9 Å². The highest BCUT2D eigenvalue weighted by Crippen LogP contribution is 2.19. The first kappa shape index (κ1) is 47.4. The predicted molar refractivity (Wildman–Crippen MR) is 191 cm³/mol. The number of carboxylic acids is 3. The second-order valence-corrected chi connectivity index (χ2v) is 13.4. The van der Waals surface area contributed by atoms with Gasteiger partial charge in [0.05, 0.1) is 25.1 Å². The summed E-state index contributed by atoms with van der Waals surface area (Å²) in [6.45, 7) is 4.12. The molecule has 55 heavy (non-hydrogen) atoms. The molecule has 1 aliphatic heterocycles. The molecule has 310 valence electrons. The van der Waals surface area contributed by atoms with E-state index in [1.807, 2.05) is 0 Å². The molecule has 23 nitrogen and oxygen atoms in total. The zero-order valence-corrected chi connectivity index (χ0v) is 31.0. The standard InChI is InChI=1S/C32H54N10O13/c1-15(2)12-20(27(50)38-18(6-4-10-36-32(34)35)26(49)39-19(31(54)55)8-9-23(45)46)40-29(52)25(16(3)43)41-22(44)14-37-28(51)21-7-5-11-42(21)30(53)17(33)13-24(47)48/h15-21,25,43H,4-14,33H2,1-3H3,(H,37,51)(H,38,50)(H,39,49)(H,40,52)(H,41,44)(H,45,46)(H,47,48)(H,54,55)(H4,34,35,36)/t16-,17+,18+,19+,20+,21+,25+/m1/s1. The van der Waals surface area contributed by atoms with Crippen molar-refractivity contribution in [3.63, 3.8) is 0 Å². The van der Waals surface area contributed by atoms with E-state index in [0.29, 0.717) is 6.42 Å². The minimum Gasteiger partial charge on any atom is -0.481 e. The highest BCUT2D eigenvalue weighted by molar-refractivity contribution is 5.96. The number of hydrogen-bond acceptors (Lipinski definition) is 12. The number of nitrogens with one attached hydrogen (secondary N) is 5. The second kappa shape index (κ2) is 23.3. The molecule has 0 aliphatic carbocycles. The number of aliphatic hydroxyl groups excluding tert-OH is 1. The Labute approximate surface area is 316 Å². The molecule has 0 radical (unpaired) electrons. The number of guanidine groups is 1. The van der Waals surface area contributed by atoms with Gasteiger partial charge in [0.15, 0.2) is 5.96 Å². The molecule has 0 aromatic heterocycles. The lowest BCUT2D eigenvalue weighted by Gasteiger charge is -2.28. The van der Waals surface area contributed by atoms with Crippen LogP contribution in [0, 0.1) is 5.92 Å². The number of likely N-dealkylation sites (tertiary alicyclic amines) is 1. The number of aliphatic hydroxyl groups is 1. The van der Waals surface area contributed by atoms with Gasteiger partial charge in [-0.2, -0.15) is 0 Å². The molecule has 0 aromatic carbocycles. The number of amides is 6. The molecule has 1 heterocycles. The normalized spacial score (nSPS) is 17.0. The third-order valence-corrected chi connectivity index (χ3v) is 8.23. The highest BCUT2D eigenvalue weighted by atomic mass is 16.4. The van der Waals surface area contributed by atoms with Crippen molar-refractivity contribution in [1.82, 2.24) is 31.5 Å². The maximum Gasteiger partial charge on any atom is 0.326 e. The lowest BCUT2D eigenvalue weighted by Crippen LogP contribution is -2.60. The number of hydrogen-bond donors (Lipinski definition) is 12. The van der Waals surface area contributed by atoms with E-state index in [2.05, 4.69) is 31.6 Å². The average Bonchev–Trinajstić information content (AvgIpc) is 3.57. The van der Waals surface area contributed by atoms with Crippen LogP contribution in [0.2, 0.25) is 0 Å². The first-order chi connectivity index (χ1) is 25.6. The minimum absolute atomic E-state index is 0.000457. The number of rotatable bonds is 24. The van der Waals surface area contributed by atoms with E-state index in [0.717, 1.165) is 4.90 Å². The topological polar surface area (TPSA) is 388 Å². The Bertz CT molecular complexity index is 1440. The average molecular weight is 787 g/mol.